The van der Waals surface area contributed by atoms with Gasteiger partial charge in [0.05, 0.1) is 5.56 Å². The number of nitrogens with zero attached hydrogens (tertiary/aromatic N) is 2. The average molecular weight is 442 g/mol. The van der Waals surface area contributed by atoms with E-state index in [1.165, 1.54) is 31.6 Å². The molecular weight excluding hydrogens is 417 g/mol. The van der Waals surface area contributed by atoms with E-state index in [4.69, 9.17) is 11.2 Å². The first-order valence-corrected chi connectivity index (χ1v) is 11.2. The van der Waals surface area contributed by atoms with Gasteiger partial charge in [0, 0.05) is 13.1 Å². The highest BCUT2D eigenvalue weighted by atomic mass is 32.2. The van der Waals surface area contributed by atoms with Gasteiger partial charge in [0.2, 0.25) is 11.2 Å². The molecule has 2 saturated heterocycles. The molecule has 0 radical (unpaired) electrons. The molecule has 0 bridgehead atoms. The van der Waals surface area contributed by atoms with E-state index in [1.807, 2.05) is 30.3 Å². The summed E-state index contributed by atoms with van der Waals surface area (Å²) < 4.78 is 35.7. The van der Waals surface area contributed by atoms with Crippen LogP contribution in [0.4, 0.5) is 10.1 Å². The summed E-state index contributed by atoms with van der Waals surface area (Å²) in [4.78, 5) is 13.9. The van der Waals surface area contributed by atoms with E-state index in [0.29, 0.717) is 0 Å². The molecule has 2 aromatic carbocycles. The zero-order chi connectivity index (χ0) is 22.0. The highest BCUT2D eigenvalue weighted by Gasteiger charge is 2.43. The number of piperidine rings is 1. The molecule has 3 atom stereocenters. The first-order chi connectivity index (χ1) is 15.0. The third-order valence-electron chi connectivity index (χ3n) is 5.57. The highest BCUT2D eigenvalue weighted by molar-refractivity contribution is 7.85. The molecule has 8 heteroatoms. The fraction of sp³-hybridized carbons (Fsp3) is 0.348. The molecule has 6 nitrogen and oxygen atoms in total. The van der Waals surface area contributed by atoms with Gasteiger partial charge in [-0.1, -0.05) is 36.3 Å². The number of hydrogen-bond donors (Lipinski definition) is 1. The normalized spacial score (nSPS) is 24.0. The molecule has 3 aliphatic rings. The number of rotatable bonds is 4. The fourth-order valence-corrected chi connectivity index (χ4v) is 4.85. The summed E-state index contributed by atoms with van der Waals surface area (Å²) >= 11 is -1.88. The molecule has 2 heterocycles. The summed E-state index contributed by atoms with van der Waals surface area (Å²) in [5.74, 6) is 3.42. The second-order valence-corrected chi connectivity index (χ2v) is 9.12. The van der Waals surface area contributed by atoms with Gasteiger partial charge in [-0.3, -0.25) is 13.8 Å². The molecule has 1 amide bonds. The highest BCUT2D eigenvalue weighted by Crippen LogP contribution is 2.44. The number of carbonyl (C=O) groups excluding carboxylic acids is 1. The Bertz CT molecular complexity index is 1030. The lowest BCUT2D eigenvalue weighted by Crippen LogP contribution is -2.24. The van der Waals surface area contributed by atoms with Crippen LogP contribution in [0.1, 0.15) is 17.5 Å². The maximum atomic E-state index is 14.7. The number of hydrogen-bond acceptors (Lipinski definition) is 4. The monoisotopic (exact) mass is 441 g/mol. The number of anilines is 1. The van der Waals surface area contributed by atoms with E-state index in [1.54, 1.807) is 0 Å². The van der Waals surface area contributed by atoms with Gasteiger partial charge < -0.3 is 9.64 Å². The molecule has 1 saturated carbocycles. The zero-order valence-electron chi connectivity index (χ0n) is 17.2. The van der Waals surface area contributed by atoms with Crippen LogP contribution in [-0.2, 0) is 22.6 Å². The average Bonchev–Trinajstić information content (AvgIpc) is 3.23. The smallest absolute Gasteiger partial charge is 0.253 e. The van der Waals surface area contributed by atoms with E-state index in [9.17, 15) is 13.4 Å². The van der Waals surface area contributed by atoms with Crippen molar-refractivity contribution in [3.8, 4) is 18.1 Å². The van der Waals surface area contributed by atoms with Gasteiger partial charge in [-0.15, -0.1) is 6.42 Å². The van der Waals surface area contributed by atoms with Crippen molar-refractivity contribution in [2.45, 2.75) is 13.0 Å². The van der Waals surface area contributed by atoms with Crippen LogP contribution in [0, 0.1) is 30.0 Å². The van der Waals surface area contributed by atoms with Crippen molar-refractivity contribution in [3.63, 3.8) is 0 Å². The Balaban J connectivity index is 0.000000275. The van der Waals surface area contributed by atoms with Crippen molar-refractivity contribution in [2.75, 3.05) is 31.0 Å². The van der Waals surface area contributed by atoms with Crippen LogP contribution >= 0.6 is 0 Å². The molecule has 2 aliphatic heterocycles. The summed E-state index contributed by atoms with van der Waals surface area (Å²) in [5.41, 5.74) is 0.813. The maximum Gasteiger partial charge on any atom is 0.253 e. The van der Waals surface area contributed by atoms with Gasteiger partial charge in [-0.05, 0) is 43.0 Å². The number of carbonyl (C=O) groups is 1. The molecular formula is C23H24FN3O3S. The maximum absolute atomic E-state index is 14.7. The summed E-state index contributed by atoms with van der Waals surface area (Å²) in [6, 6.07) is 12.3. The minimum Gasteiger partial charge on any atom is -0.487 e. The second kappa shape index (κ2) is 9.08. The Morgan fingerprint density at radius 3 is 2.48 bits per heavy atom. The quantitative estimate of drug-likeness (QED) is 0.741. The summed E-state index contributed by atoms with van der Waals surface area (Å²) in [6.45, 7) is 2.72. The topological polar surface area (TPSA) is 61.9 Å². The Hall–Kier alpha value is -2.89. The van der Waals surface area contributed by atoms with Crippen molar-refractivity contribution in [1.82, 2.24) is 9.62 Å². The van der Waals surface area contributed by atoms with Crippen LogP contribution in [0.5, 0.6) is 5.75 Å². The third kappa shape index (κ3) is 4.89. The van der Waals surface area contributed by atoms with Crippen LogP contribution in [0.3, 0.4) is 0 Å². The van der Waals surface area contributed by atoms with Crippen LogP contribution in [-0.4, -0.2) is 41.7 Å². The molecule has 3 unspecified atom stereocenters. The van der Waals surface area contributed by atoms with Gasteiger partial charge in [-0.25, -0.2) is 8.60 Å². The van der Waals surface area contributed by atoms with Gasteiger partial charge in [0.25, 0.3) is 5.91 Å². The summed E-state index contributed by atoms with van der Waals surface area (Å²) in [7, 11) is 2.21. The number of ether oxygens (including phenoxy) is 1. The summed E-state index contributed by atoms with van der Waals surface area (Å²) in [5, 5.41) is 0. The molecule has 0 aromatic heterocycles. The number of benzene rings is 2. The van der Waals surface area contributed by atoms with Crippen molar-refractivity contribution >= 4 is 22.8 Å². The molecule has 1 aliphatic carbocycles. The Kier molecular flexibility index (Phi) is 6.25. The molecule has 31 heavy (non-hydrogen) atoms. The molecule has 0 spiro atoms. The lowest BCUT2D eigenvalue weighted by molar-refractivity contribution is -0.117. The zero-order valence-corrected chi connectivity index (χ0v) is 18.0. The number of nitrogens with one attached hydrogen (secondary N) is 1. The van der Waals surface area contributed by atoms with E-state index in [0.717, 1.165) is 21.7 Å². The van der Waals surface area contributed by atoms with Crippen LogP contribution in [0.25, 0.3) is 0 Å². The molecule has 1 N–H and O–H groups in total. The van der Waals surface area contributed by atoms with E-state index in [-0.39, 0.29) is 30.2 Å². The van der Waals surface area contributed by atoms with Crippen molar-refractivity contribution in [3.05, 3.63) is 59.4 Å². The minimum atomic E-state index is -1.88. The SMILES string of the molecule is C#Cc1ccc(OCc2ccccc2)c(N2CC(=O)NS2=O)c1F.CN1CC2CC2C1. The Morgan fingerprint density at radius 2 is 1.94 bits per heavy atom. The van der Waals surface area contributed by atoms with Crippen molar-refractivity contribution in [2.24, 2.45) is 11.8 Å². The summed E-state index contributed by atoms with van der Waals surface area (Å²) in [6.07, 6.45) is 6.82. The number of terminal acetylenes is 1. The van der Waals surface area contributed by atoms with Crippen molar-refractivity contribution in [1.29, 1.82) is 0 Å². The molecule has 5 rings (SSSR count). The van der Waals surface area contributed by atoms with Crippen LogP contribution in [0.2, 0.25) is 0 Å². The Labute approximate surface area is 184 Å². The first kappa shape index (κ1) is 21.3. The fourth-order valence-electron chi connectivity index (χ4n) is 3.91. The van der Waals surface area contributed by atoms with Crippen LogP contribution < -0.4 is 13.8 Å². The van der Waals surface area contributed by atoms with Gasteiger partial charge in [0.1, 0.15) is 24.6 Å². The van der Waals surface area contributed by atoms with Gasteiger partial charge >= 0.3 is 0 Å². The molecule has 162 valence electrons. The standard InChI is InChI=1S/C17H13FN2O3S.C6H11N/c1-2-13-8-9-14(23-11-12-6-4-3-5-7-12)17(16(13)18)20-10-15(21)19-24(20)22;1-7-3-5-2-6(5)4-7/h1,3-9H,10-11H2,(H,19,21);5-6H,2-4H2,1H3. The van der Waals surface area contributed by atoms with Crippen LogP contribution in [0.15, 0.2) is 42.5 Å². The van der Waals surface area contributed by atoms with E-state index < -0.39 is 22.9 Å². The largest absolute Gasteiger partial charge is 0.487 e. The van der Waals surface area contributed by atoms with Gasteiger partial charge in [0.15, 0.2) is 5.82 Å². The Morgan fingerprint density at radius 1 is 1.23 bits per heavy atom. The van der Waals surface area contributed by atoms with Gasteiger partial charge in [-0.2, -0.15) is 0 Å². The third-order valence-corrected chi connectivity index (χ3v) is 6.69. The van der Waals surface area contributed by atoms with E-state index >= 15 is 0 Å². The number of amides is 1. The predicted molar refractivity (Wildman–Crippen MR) is 118 cm³/mol. The lowest BCUT2D eigenvalue weighted by atomic mass is 10.1. The number of fused-ring (bicyclic) bond motifs is 1. The minimum absolute atomic E-state index is 0.00779. The van der Waals surface area contributed by atoms with E-state index in [2.05, 4.69) is 22.6 Å². The predicted octanol–water partition coefficient (Wildman–Crippen LogP) is 2.47. The number of likely N-dealkylation sites (tertiary alicyclic amines) is 1. The lowest BCUT2D eigenvalue weighted by Gasteiger charge is -2.19. The molecule has 3 fully saturated rings. The second-order valence-electron chi connectivity index (χ2n) is 7.98. The molecule has 2 aromatic rings. The first-order valence-electron chi connectivity index (χ1n) is 10.1. The number of halogens is 1. The van der Waals surface area contributed by atoms with Crippen molar-refractivity contribution < 1.29 is 18.1 Å².